The SMILES string of the molecule is C[C@]12CC[C@@H](OC(=O)c3ccccc3)C[C@@H]1CC[C@H]1[C@@H]3CCC(=O)[C@H]3CC[C@@H]12. The van der Waals surface area contributed by atoms with Crippen molar-refractivity contribution in [3.8, 4) is 0 Å². The molecule has 0 aliphatic heterocycles. The molecule has 1 aromatic carbocycles. The van der Waals surface area contributed by atoms with E-state index in [1.54, 1.807) is 0 Å². The fourth-order valence-corrected chi connectivity index (χ4v) is 7.54. The largest absolute Gasteiger partial charge is 0.459 e. The van der Waals surface area contributed by atoms with Crippen LogP contribution in [-0.4, -0.2) is 17.9 Å². The van der Waals surface area contributed by atoms with Crippen molar-refractivity contribution in [2.75, 3.05) is 0 Å². The Morgan fingerprint density at radius 3 is 2.64 bits per heavy atom. The fraction of sp³-hybridized carbons (Fsp3) is 0.680. The zero-order valence-electron chi connectivity index (χ0n) is 16.9. The number of carbonyl (C=O) groups excluding carboxylic acids is 2. The maximum absolute atomic E-state index is 12.5. The summed E-state index contributed by atoms with van der Waals surface area (Å²) in [6, 6.07) is 9.37. The lowest BCUT2D eigenvalue weighted by Crippen LogP contribution is -2.52. The van der Waals surface area contributed by atoms with E-state index in [2.05, 4.69) is 6.92 Å². The molecule has 4 saturated carbocycles. The average Bonchev–Trinajstić information content (AvgIpc) is 3.10. The lowest BCUT2D eigenvalue weighted by atomic mass is 9.47. The number of esters is 1. The maximum Gasteiger partial charge on any atom is 0.338 e. The first-order chi connectivity index (χ1) is 13.6. The smallest absolute Gasteiger partial charge is 0.338 e. The summed E-state index contributed by atoms with van der Waals surface area (Å²) >= 11 is 0. The molecule has 7 atom stereocenters. The number of rotatable bonds is 2. The first kappa shape index (κ1) is 18.4. The number of ether oxygens (including phenoxy) is 1. The van der Waals surface area contributed by atoms with Gasteiger partial charge in [-0.1, -0.05) is 25.1 Å². The standard InChI is InChI=1S/C25H32O3/c1-25-14-13-18(28-24(27)16-5-3-2-4-6-16)15-17(25)7-8-20-19-10-12-23(26)21(19)9-11-22(20)25/h2-6,17-22H,7-15H2,1H3/t17-,18+,19-,20-,21-,22-,25-/m0/s1. The lowest BCUT2D eigenvalue weighted by molar-refractivity contribution is -0.130. The van der Waals surface area contributed by atoms with Gasteiger partial charge in [0.1, 0.15) is 11.9 Å². The van der Waals surface area contributed by atoms with Crippen molar-refractivity contribution in [1.29, 1.82) is 0 Å². The van der Waals surface area contributed by atoms with Gasteiger partial charge in [-0.15, -0.1) is 0 Å². The molecule has 0 N–H and O–H groups in total. The Labute approximate surface area is 168 Å². The summed E-state index contributed by atoms with van der Waals surface area (Å²) in [6.07, 6.45) is 10.1. The van der Waals surface area contributed by atoms with Crippen LogP contribution in [0.4, 0.5) is 0 Å². The predicted octanol–water partition coefficient (Wildman–Crippen LogP) is 5.43. The van der Waals surface area contributed by atoms with Crippen molar-refractivity contribution in [2.45, 2.75) is 70.8 Å². The van der Waals surface area contributed by atoms with Gasteiger partial charge in [-0.2, -0.15) is 0 Å². The zero-order valence-corrected chi connectivity index (χ0v) is 16.9. The van der Waals surface area contributed by atoms with E-state index in [0.717, 1.165) is 50.4 Å². The zero-order chi connectivity index (χ0) is 19.3. The molecule has 0 heterocycles. The van der Waals surface area contributed by atoms with Gasteiger partial charge >= 0.3 is 5.97 Å². The summed E-state index contributed by atoms with van der Waals surface area (Å²) in [5.41, 5.74) is 1.03. The first-order valence-electron chi connectivity index (χ1n) is 11.3. The molecule has 0 unspecified atom stereocenters. The second-order valence-electron chi connectivity index (χ2n) is 10.1. The molecule has 0 saturated heterocycles. The minimum Gasteiger partial charge on any atom is -0.459 e. The average molecular weight is 381 g/mol. The van der Waals surface area contributed by atoms with Gasteiger partial charge in [-0.3, -0.25) is 4.79 Å². The van der Waals surface area contributed by atoms with Crippen LogP contribution in [0.3, 0.4) is 0 Å². The molecule has 1 aromatic rings. The second kappa shape index (κ2) is 7.00. The lowest BCUT2D eigenvalue weighted by Gasteiger charge is -2.58. The second-order valence-corrected chi connectivity index (χ2v) is 10.1. The molecule has 5 rings (SSSR count). The molecule has 28 heavy (non-hydrogen) atoms. The van der Waals surface area contributed by atoms with Crippen molar-refractivity contribution in [3.05, 3.63) is 35.9 Å². The van der Waals surface area contributed by atoms with Crippen molar-refractivity contribution in [1.82, 2.24) is 0 Å². The number of hydrogen-bond donors (Lipinski definition) is 0. The summed E-state index contributed by atoms with van der Waals surface area (Å²) in [4.78, 5) is 24.7. The van der Waals surface area contributed by atoms with E-state index in [4.69, 9.17) is 4.74 Å². The van der Waals surface area contributed by atoms with Crippen molar-refractivity contribution < 1.29 is 14.3 Å². The van der Waals surface area contributed by atoms with Gasteiger partial charge in [0, 0.05) is 12.3 Å². The van der Waals surface area contributed by atoms with Crippen LogP contribution >= 0.6 is 0 Å². The molecule has 4 aliphatic carbocycles. The molecule has 0 spiro atoms. The molecule has 3 heteroatoms. The van der Waals surface area contributed by atoms with Gasteiger partial charge in [-0.25, -0.2) is 4.79 Å². The van der Waals surface area contributed by atoms with Gasteiger partial charge in [-0.05, 0) is 92.6 Å². The Kier molecular flexibility index (Phi) is 4.60. The van der Waals surface area contributed by atoms with Crippen molar-refractivity contribution in [3.63, 3.8) is 0 Å². The fourth-order valence-electron chi connectivity index (χ4n) is 7.54. The minimum atomic E-state index is -0.173. The quantitative estimate of drug-likeness (QED) is 0.642. The van der Waals surface area contributed by atoms with Gasteiger partial charge < -0.3 is 4.74 Å². The molecule has 4 fully saturated rings. The minimum absolute atomic E-state index is 0.0618. The van der Waals surface area contributed by atoms with Crippen molar-refractivity contribution >= 4 is 11.8 Å². The highest BCUT2D eigenvalue weighted by molar-refractivity contribution is 5.89. The Balaban J connectivity index is 1.27. The predicted molar refractivity (Wildman–Crippen MR) is 108 cm³/mol. The Hall–Kier alpha value is -1.64. The summed E-state index contributed by atoms with van der Waals surface area (Å²) in [6.45, 7) is 2.51. The molecular weight excluding hydrogens is 348 g/mol. The van der Waals surface area contributed by atoms with E-state index < -0.39 is 0 Å². The normalized spacial score (nSPS) is 42.2. The van der Waals surface area contributed by atoms with E-state index in [9.17, 15) is 9.59 Å². The van der Waals surface area contributed by atoms with Gasteiger partial charge in [0.2, 0.25) is 0 Å². The molecular formula is C25H32O3. The number of hydrogen-bond acceptors (Lipinski definition) is 3. The van der Waals surface area contributed by atoms with Gasteiger partial charge in [0.05, 0.1) is 5.56 Å². The number of carbonyl (C=O) groups is 2. The molecule has 4 aliphatic rings. The molecule has 0 radical (unpaired) electrons. The third-order valence-corrected chi connectivity index (χ3v) is 8.97. The maximum atomic E-state index is 12.5. The van der Waals surface area contributed by atoms with Crippen LogP contribution < -0.4 is 0 Å². The molecule has 0 bridgehead atoms. The van der Waals surface area contributed by atoms with Crippen LogP contribution in [0.2, 0.25) is 0 Å². The highest BCUT2D eigenvalue weighted by atomic mass is 16.5. The topological polar surface area (TPSA) is 43.4 Å². The van der Waals surface area contributed by atoms with Crippen LogP contribution in [0.25, 0.3) is 0 Å². The van der Waals surface area contributed by atoms with Crippen LogP contribution in [0.5, 0.6) is 0 Å². The highest BCUT2D eigenvalue weighted by Gasteiger charge is 2.56. The Morgan fingerprint density at radius 2 is 1.82 bits per heavy atom. The van der Waals surface area contributed by atoms with Gasteiger partial charge in [0.15, 0.2) is 0 Å². The molecule has 150 valence electrons. The van der Waals surface area contributed by atoms with E-state index in [1.165, 1.54) is 19.3 Å². The van der Waals surface area contributed by atoms with Crippen LogP contribution in [0.1, 0.15) is 75.1 Å². The Morgan fingerprint density at radius 1 is 1.00 bits per heavy atom. The molecule has 0 amide bonds. The van der Waals surface area contributed by atoms with Crippen LogP contribution in [-0.2, 0) is 9.53 Å². The number of ketones is 1. The number of fused-ring (bicyclic) bond motifs is 5. The summed E-state index contributed by atoms with van der Waals surface area (Å²) < 4.78 is 5.91. The number of benzene rings is 1. The van der Waals surface area contributed by atoms with E-state index in [0.29, 0.717) is 34.5 Å². The first-order valence-corrected chi connectivity index (χ1v) is 11.3. The third-order valence-electron chi connectivity index (χ3n) is 8.97. The number of Topliss-reactive ketones (excluding diaryl/α,β-unsaturated/α-hetero) is 1. The van der Waals surface area contributed by atoms with E-state index in [-0.39, 0.29) is 12.1 Å². The summed E-state index contributed by atoms with van der Waals surface area (Å²) in [5.74, 6) is 3.60. The summed E-state index contributed by atoms with van der Waals surface area (Å²) in [5, 5.41) is 0. The van der Waals surface area contributed by atoms with Crippen molar-refractivity contribution in [2.24, 2.45) is 35.0 Å². The molecule has 0 aromatic heterocycles. The highest BCUT2D eigenvalue weighted by Crippen LogP contribution is 2.62. The summed E-state index contributed by atoms with van der Waals surface area (Å²) in [7, 11) is 0. The van der Waals surface area contributed by atoms with Crippen LogP contribution in [0, 0.1) is 35.0 Å². The van der Waals surface area contributed by atoms with E-state index >= 15 is 0 Å². The third kappa shape index (κ3) is 2.93. The Bertz CT molecular complexity index is 756. The molecule has 3 nitrogen and oxygen atoms in total. The van der Waals surface area contributed by atoms with Crippen LogP contribution in [0.15, 0.2) is 30.3 Å². The van der Waals surface area contributed by atoms with Gasteiger partial charge in [0.25, 0.3) is 0 Å². The monoisotopic (exact) mass is 380 g/mol. The van der Waals surface area contributed by atoms with E-state index in [1.807, 2.05) is 30.3 Å².